The highest BCUT2D eigenvalue weighted by molar-refractivity contribution is 5.89. The van der Waals surface area contributed by atoms with Crippen molar-refractivity contribution in [1.82, 2.24) is 14.5 Å². The van der Waals surface area contributed by atoms with Crippen LogP contribution in [0.15, 0.2) is 29.1 Å². The van der Waals surface area contributed by atoms with E-state index in [-0.39, 0.29) is 23.9 Å². The number of aromatic nitrogens is 2. The van der Waals surface area contributed by atoms with Crippen molar-refractivity contribution >= 4 is 17.0 Å². The van der Waals surface area contributed by atoms with E-state index in [0.717, 1.165) is 36.2 Å². The van der Waals surface area contributed by atoms with Gasteiger partial charge in [0, 0.05) is 24.2 Å². The first kappa shape index (κ1) is 22.3. The number of nitrogens with zero attached hydrogens (tertiary/aromatic N) is 3. The molecule has 2 aliphatic heterocycles. The van der Waals surface area contributed by atoms with Crippen molar-refractivity contribution in [2.45, 2.75) is 102 Å². The predicted molar refractivity (Wildman–Crippen MR) is 132 cm³/mol. The molecule has 2 saturated heterocycles. The molecule has 0 spiro atoms. The maximum Gasteiger partial charge on any atom is 0.362 e. The summed E-state index contributed by atoms with van der Waals surface area (Å²) in [6.45, 7) is 1.99. The summed E-state index contributed by atoms with van der Waals surface area (Å²) in [5.74, 6) is 1.24. The standard InChI is InChI=1S/C28H37N3O3/c1-2-34-28(33)26-27(32)31(25-12-4-3-11-24(25)29-26)23-16-20-9-6-10-21(17-23)30(20)22-14-18-7-5-8-19(13-18)15-22/h3-4,11-12,18-23H,2,5-10,13-17H2,1H3/t18-,19+,20-,21+,22+,23+. The van der Waals surface area contributed by atoms with Gasteiger partial charge in [0.15, 0.2) is 0 Å². The molecular weight excluding hydrogens is 426 g/mol. The van der Waals surface area contributed by atoms with E-state index >= 15 is 0 Å². The monoisotopic (exact) mass is 463 g/mol. The molecule has 6 nitrogen and oxygen atoms in total. The summed E-state index contributed by atoms with van der Waals surface area (Å²) in [5, 5.41) is 0. The molecule has 182 valence electrons. The third-order valence-corrected chi connectivity index (χ3v) is 9.16. The summed E-state index contributed by atoms with van der Waals surface area (Å²) >= 11 is 0. The van der Waals surface area contributed by atoms with Crippen LogP contribution in [0.4, 0.5) is 0 Å². The summed E-state index contributed by atoms with van der Waals surface area (Å²) < 4.78 is 7.08. The highest BCUT2D eigenvalue weighted by Crippen LogP contribution is 2.47. The quantitative estimate of drug-likeness (QED) is 0.590. The largest absolute Gasteiger partial charge is 0.461 e. The second-order valence-corrected chi connectivity index (χ2v) is 11.2. The average molecular weight is 464 g/mol. The fourth-order valence-electron chi connectivity index (χ4n) is 7.98. The van der Waals surface area contributed by atoms with Crippen LogP contribution in [0.3, 0.4) is 0 Å². The summed E-state index contributed by atoms with van der Waals surface area (Å²) in [5.41, 5.74) is 1.16. The SMILES string of the molecule is CCOC(=O)c1nc2ccccc2n([C@H]2C[C@H]3CCC[C@@H](C2)N3[C@H]2C[C@@H]3CCC[C@@H](C3)C2)c1=O. The van der Waals surface area contributed by atoms with Crippen LogP contribution in [-0.4, -0.2) is 45.2 Å². The van der Waals surface area contributed by atoms with Gasteiger partial charge in [-0.3, -0.25) is 9.69 Å². The lowest BCUT2D eigenvalue weighted by Crippen LogP contribution is -2.58. The minimum absolute atomic E-state index is 0.0757. The second-order valence-electron chi connectivity index (χ2n) is 11.2. The Hall–Kier alpha value is -2.21. The van der Waals surface area contributed by atoms with Crippen LogP contribution < -0.4 is 5.56 Å². The number of para-hydroxylation sites is 2. The number of ether oxygens (including phenoxy) is 1. The first-order chi connectivity index (χ1) is 16.6. The number of esters is 1. The molecule has 6 heteroatoms. The first-order valence-electron chi connectivity index (χ1n) is 13.6. The van der Waals surface area contributed by atoms with Gasteiger partial charge in [0.25, 0.3) is 5.56 Å². The topological polar surface area (TPSA) is 64.4 Å². The van der Waals surface area contributed by atoms with Crippen LogP contribution in [0.2, 0.25) is 0 Å². The molecule has 0 radical (unpaired) electrons. The number of hydrogen-bond acceptors (Lipinski definition) is 5. The molecule has 6 atom stereocenters. The molecule has 0 amide bonds. The molecule has 0 N–H and O–H groups in total. The number of rotatable bonds is 4. The maximum atomic E-state index is 13.6. The molecular formula is C28H37N3O3. The molecule has 1 aromatic heterocycles. The maximum absolute atomic E-state index is 13.6. The number of piperidine rings is 2. The minimum Gasteiger partial charge on any atom is -0.461 e. The van der Waals surface area contributed by atoms with Gasteiger partial charge in [-0.25, -0.2) is 9.78 Å². The zero-order valence-electron chi connectivity index (χ0n) is 20.3. The Bertz CT molecular complexity index is 1100. The zero-order valence-corrected chi connectivity index (χ0v) is 20.3. The van der Waals surface area contributed by atoms with Crippen molar-refractivity contribution < 1.29 is 9.53 Å². The van der Waals surface area contributed by atoms with Crippen LogP contribution >= 0.6 is 0 Å². The van der Waals surface area contributed by atoms with E-state index in [1.54, 1.807) is 6.92 Å². The summed E-state index contributed by atoms with van der Waals surface area (Å²) in [4.78, 5) is 33.5. The van der Waals surface area contributed by atoms with Gasteiger partial charge in [-0.05, 0) is 75.8 Å². The summed E-state index contributed by atoms with van der Waals surface area (Å²) in [7, 11) is 0. The second kappa shape index (κ2) is 9.10. The fourth-order valence-corrected chi connectivity index (χ4v) is 7.98. The van der Waals surface area contributed by atoms with Crippen molar-refractivity contribution in [3.8, 4) is 0 Å². The van der Waals surface area contributed by atoms with Gasteiger partial charge in [0.2, 0.25) is 5.69 Å². The van der Waals surface area contributed by atoms with Crippen molar-refractivity contribution in [3.63, 3.8) is 0 Å². The molecule has 3 heterocycles. The lowest BCUT2D eigenvalue weighted by molar-refractivity contribution is -0.0486. The molecule has 6 rings (SSSR count). The van der Waals surface area contributed by atoms with E-state index in [1.165, 1.54) is 57.8 Å². The van der Waals surface area contributed by atoms with E-state index in [4.69, 9.17) is 4.74 Å². The van der Waals surface area contributed by atoms with Gasteiger partial charge >= 0.3 is 5.97 Å². The molecule has 1 aromatic carbocycles. The molecule has 4 bridgehead atoms. The summed E-state index contributed by atoms with van der Waals surface area (Å²) in [6, 6.07) is 9.63. The Morgan fingerprint density at radius 3 is 2.29 bits per heavy atom. The highest BCUT2D eigenvalue weighted by Gasteiger charge is 2.45. The van der Waals surface area contributed by atoms with Crippen LogP contribution in [0.1, 0.15) is 94.1 Å². The molecule has 2 aromatic rings. The van der Waals surface area contributed by atoms with Crippen LogP contribution in [-0.2, 0) is 4.74 Å². The number of fused-ring (bicyclic) bond motifs is 5. The highest BCUT2D eigenvalue weighted by atomic mass is 16.5. The Balaban J connectivity index is 1.34. The number of benzene rings is 1. The van der Waals surface area contributed by atoms with Gasteiger partial charge in [-0.2, -0.15) is 0 Å². The van der Waals surface area contributed by atoms with E-state index in [9.17, 15) is 9.59 Å². The zero-order chi connectivity index (χ0) is 23.2. The van der Waals surface area contributed by atoms with E-state index in [1.807, 2.05) is 28.8 Å². The third-order valence-electron chi connectivity index (χ3n) is 9.16. The van der Waals surface area contributed by atoms with Crippen LogP contribution in [0, 0.1) is 11.8 Å². The fraction of sp³-hybridized carbons (Fsp3) is 0.679. The van der Waals surface area contributed by atoms with Crippen LogP contribution in [0.25, 0.3) is 11.0 Å². The van der Waals surface area contributed by atoms with Gasteiger partial charge < -0.3 is 9.30 Å². The normalized spacial score (nSPS) is 33.6. The lowest BCUT2D eigenvalue weighted by atomic mass is 9.68. The summed E-state index contributed by atoms with van der Waals surface area (Å²) in [6.07, 6.45) is 14.2. The van der Waals surface area contributed by atoms with Crippen molar-refractivity contribution in [2.75, 3.05) is 6.61 Å². The van der Waals surface area contributed by atoms with Crippen molar-refractivity contribution in [3.05, 3.63) is 40.3 Å². The van der Waals surface area contributed by atoms with E-state index in [2.05, 4.69) is 9.88 Å². The molecule has 0 unspecified atom stereocenters. The van der Waals surface area contributed by atoms with E-state index in [0.29, 0.717) is 17.6 Å². The van der Waals surface area contributed by atoms with Gasteiger partial charge in [-0.1, -0.05) is 37.8 Å². The molecule has 4 fully saturated rings. The molecule has 2 saturated carbocycles. The van der Waals surface area contributed by atoms with Crippen molar-refractivity contribution in [2.24, 2.45) is 11.8 Å². The van der Waals surface area contributed by atoms with Crippen molar-refractivity contribution in [1.29, 1.82) is 0 Å². The molecule has 4 aliphatic rings. The Labute approximate surface area is 201 Å². The van der Waals surface area contributed by atoms with Gasteiger partial charge in [-0.15, -0.1) is 0 Å². The predicted octanol–water partition coefficient (Wildman–Crippen LogP) is 5.10. The Morgan fingerprint density at radius 2 is 1.59 bits per heavy atom. The van der Waals surface area contributed by atoms with Crippen LogP contribution in [0.5, 0.6) is 0 Å². The number of hydrogen-bond donors (Lipinski definition) is 0. The van der Waals surface area contributed by atoms with E-state index < -0.39 is 5.97 Å². The molecule has 2 aliphatic carbocycles. The number of carbonyl (C=O) groups excluding carboxylic acids is 1. The molecule has 34 heavy (non-hydrogen) atoms. The third kappa shape index (κ3) is 3.88. The van der Waals surface area contributed by atoms with Gasteiger partial charge in [0.1, 0.15) is 0 Å². The van der Waals surface area contributed by atoms with Gasteiger partial charge in [0.05, 0.1) is 17.6 Å². The lowest BCUT2D eigenvalue weighted by Gasteiger charge is -2.55. The first-order valence-corrected chi connectivity index (χ1v) is 13.6. The Kier molecular flexibility index (Phi) is 5.96. The smallest absolute Gasteiger partial charge is 0.362 e. The average Bonchev–Trinajstić information content (AvgIpc) is 2.82. The Morgan fingerprint density at radius 1 is 0.912 bits per heavy atom. The number of carbonyl (C=O) groups is 1. The minimum atomic E-state index is -0.613.